The van der Waals surface area contributed by atoms with Crippen molar-refractivity contribution < 1.29 is 19.1 Å². The van der Waals surface area contributed by atoms with Crippen LogP contribution in [0.1, 0.15) is 10.4 Å². The molecule has 0 aliphatic heterocycles. The summed E-state index contributed by atoms with van der Waals surface area (Å²) in [6.45, 7) is 1.06. The first-order valence-electron chi connectivity index (χ1n) is 6.59. The number of esters is 1. The second-order valence-electron chi connectivity index (χ2n) is 4.52. The maximum absolute atomic E-state index is 11.9. The Kier molecular flexibility index (Phi) is 4.94. The average molecular weight is 290 g/mol. The topological polar surface area (TPSA) is 69.6 Å². The van der Waals surface area contributed by atoms with E-state index in [0.717, 1.165) is 10.9 Å². The number of carbonyl (C=O) groups excluding carboxylic acids is 2. The van der Waals surface area contributed by atoms with E-state index in [9.17, 15) is 9.59 Å². The van der Waals surface area contributed by atoms with Gasteiger partial charge in [0.25, 0.3) is 0 Å². The number of fused-ring (bicyclic) bond motifs is 1. The number of rotatable bonds is 6. The molecule has 0 saturated carbocycles. The van der Waals surface area contributed by atoms with Gasteiger partial charge in [-0.05, 0) is 6.07 Å². The number of aromatic nitrogens is 1. The molecule has 1 amide bonds. The second-order valence-corrected chi connectivity index (χ2v) is 4.52. The smallest absolute Gasteiger partial charge is 0.340 e. The van der Waals surface area contributed by atoms with E-state index in [1.807, 2.05) is 24.3 Å². The number of hydrogen-bond donors (Lipinski definition) is 1. The largest absolute Gasteiger partial charge is 0.465 e. The normalized spacial score (nSPS) is 10.6. The molecule has 0 fully saturated rings. The number of amides is 1. The molecule has 0 spiro atoms. The zero-order chi connectivity index (χ0) is 15.2. The van der Waals surface area contributed by atoms with Crippen molar-refractivity contribution in [1.29, 1.82) is 0 Å². The Morgan fingerprint density at radius 3 is 2.71 bits per heavy atom. The van der Waals surface area contributed by atoms with Crippen molar-refractivity contribution in [3.05, 3.63) is 36.0 Å². The minimum atomic E-state index is -0.412. The minimum Gasteiger partial charge on any atom is -0.465 e. The van der Waals surface area contributed by atoms with Crippen molar-refractivity contribution in [1.82, 2.24) is 9.88 Å². The molecule has 1 heterocycles. The second kappa shape index (κ2) is 6.90. The fourth-order valence-electron chi connectivity index (χ4n) is 2.15. The van der Waals surface area contributed by atoms with Crippen LogP contribution >= 0.6 is 0 Å². The molecule has 0 aliphatic carbocycles. The highest BCUT2D eigenvalue weighted by molar-refractivity contribution is 6.04. The number of nitrogens with one attached hydrogen (secondary N) is 1. The summed E-state index contributed by atoms with van der Waals surface area (Å²) in [5, 5.41) is 3.52. The maximum atomic E-state index is 11.9. The fourth-order valence-corrected chi connectivity index (χ4v) is 2.15. The molecule has 0 bridgehead atoms. The van der Waals surface area contributed by atoms with Gasteiger partial charge in [-0.2, -0.15) is 0 Å². The van der Waals surface area contributed by atoms with E-state index in [1.165, 1.54) is 7.11 Å². The summed E-state index contributed by atoms with van der Waals surface area (Å²) < 4.78 is 11.4. The third kappa shape index (κ3) is 3.41. The van der Waals surface area contributed by atoms with Crippen molar-refractivity contribution in [3.63, 3.8) is 0 Å². The van der Waals surface area contributed by atoms with Gasteiger partial charge in [0, 0.05) is 30.8 Å². The fraction of sp³-hybridized carbons (Fsp3) is 0.333. The molecule has 0 saturated heterocycles. The SMILES string of the molecule is COCCNC(=O)Cn1cc(C(=O)OC)c2ccccc21. The molecular weight excluding hydrogens is 272 g/mol. The molecule has 6 heteroatoms. The van der Waals surface area contributed by atoms with Gasteiger partial charge in [0.1, 0.15) is 6.54 Å². The highest BCUT2D eigenvalue weighted by Gasteiger charge is 2.16. The number of ether oxygens (including phenoxy) is 2. The monoisotopic (exact) mass is 290 g/mol. The van der Waals surface area contributed by atoms with Gasteiger partial charge in [0.15, 0.2) is 0 Å². The van der Waals surface area contributed by atoms with Gasteiger partial charge in [0.2, 0.25) is 5.91 Å². The molecule has 1 aromatic heterocycles. The number of hydrogen-bond acceptors (Lipinski definition) is 4. The molecule has 0 radical (unpaired) electrons. The van der Waals surface area contributed by atoms with Gasteiger partial charge in [-0.1, -0.05) is 18.2 Å². The van der Waals surface area contributed by atoms with Gasteiger partial charge < -0.3 is 19.4 Å². The molecular formula is C15H18N2O4. The summed E-state index contributed by atoms with van der Waals surface area (Å²) in [7, 11) is 2.92. The zero-order valence-corrected chi connectivity index (χ0v) is 12.1. The standard InChI is InChI=1S/C15H18N2O4/c1-20-8-7-16-14(18)10-17-9-12(15(19)21-2)11-5-3-4-6-13(11)17/h3-6,9H,7-8,10H2,1-2H3,(H,16,18). The lowest BCUT2D eigenvalue weighted by atomic mass is 10.2. The Morgan fingerprint density at radius 2 is 2.00 bits per heavy atom. The van der Waals surface area contributed by atoms with Crippen LogP contribution in [0.25, 0.3) is 10.9 Å². The lowest BCUT2D eigenvalue weighted by Crippen LogP contribution is -2.30. The van der Waals surface area contributed by atoms with Crippen molar-refractivity contribution in [2.45, 2.75) is 6.54 Å². The van der Waals surface area contributed by atoms with Crippen LogP contribution in [0.5, 0.6) is 0 Å². The first kappa shape index (κ1) is 15.1. The van der Waals surface area contributed by atoms with Gasteiger partial charge >= 0.3 is 5.97 Å². The highest BCUT2D eigenvalue weighted by atomic mass is 16.5. The molecule has 112 valence electrons. The van der Waals surface area contributed by atoms with Crippen molar-refractivity contribution in [2.75, 3.05) is 27.4 Å². The number of nitrogens with zero attached hydrogens (tertiary/aromatic N) is 1. The van der Waals surface area contributed by atoms with Gasteiger partial charge in [0.05, 0.1) is 19.3 Å². The molecule has 0 atom stereocenters. The van der Waals surface area contributed by atoms with E-state index in [2.05, 4.69) is 5.32 Å². The van der Waals surface area contributed by atoms with E-state index < -0.39 is 5.97 Å². The van der Waals surface area contributed by atoms with Crippen molar-refractivity contribution in [2.24, 2.45) is 0 Å². The summed E-state index contributed by atoms with van der Waals surface area (Å²) in [6.07, 6.45) is 1.65. The Labute approximate surface area is 122 Å². The summed E-state index contributed by atoms with van der Waals surface area (Å²) in [4.78, 5) is 23.7. The van der Waals surface area contributed by atoms with Crippen LogP contribution in [0.2, 0.25) is 0 Å². The van der Waals surface area contributed by atoms with Gasteiger partial charge in [-0.25, -0.2) is 4.79 Å². The van der Waals surface area contributed by atoms with Crippen LogP contribution in [0.4, 0.5) is 0 Å². The first-order chi connectivity index (χ1) is 10.2. The first-order valence-corrected chi connectivity index (χ1v) is 6.59. The highest BCUT2D eigenvalue weighted by Crippen LogP contribution is 2.21. The summed E-state index contributed by atoms with van der Waals surface area (Å²) >= 11 is 0. The molecule has 21 heavy (non-hydrogen) atoms. The number of para-hydroxylation sites is 1. The molecule has 2 aromatic rings. The van der Waals surface area contributed by atoms with E-state index in [0.29, 0.717) is 18.7 Å². The summed E-state index contributed by atoms with van der Waals surface area (Å²) in [5.41, 5.74) is 1.28. The van der Waals surface area contributed by atoms with Gasteiger partial charge in [-0.3, -0.25) is 4.79 Å². The third-order valence-corrected chi connectivity index (χ3v) is 3.14. The molecule has 1 N–H and O–H groups in total. The number of carbonyl (C=O) groups is 2. The Hall–Kier alpha value is -2.34. The third-order valence-electron chi connectivity index (χ3n) is 3.14. The molecule has 2 rings (SSSR count). The maximum Gasteiger partial charge on any atom is 0.340 e. The molecule has 6 nitrogen and oxygen atoms in total. The Morgan fingerprint density at radius 1 is 1.24 bits per heavy atom. The van der Waals surface area contributed by atoms with Crippen molar-refractivity contribution in [3.8, 4) is 0 Å². The number of methoxy groups -OCH3 is 2. The van der Waals surface area contributed by atoms with E-state index >= 15 is 0 Å². The van der Waals surface area contributed by atoms with Crippen molar-refractivity contribution >= 4 is 22.8 Å². The van der Waals surface area contributed by atoms with Crippen LogP contribution in [-0.4, -0.2) is 43.8 Å². The lowest BCUT2D eigenvalue weighted by Gasteiger charge is -2.06. The predicted molar refractivity (Wildman–Crippen MR) is 78.2 cm³/mol. The number of benzene rings is 1. The van der Waals surface area contributed by atoms with Crippen LogP contribution in [0, 0.1) is 0 Å². The summed E-state index contributed by atoms with van der Waals surface area (Å²) in [5.74, 6) is -0.547. The average Bonchev–Trinajstić information content (AvgIpc) is 2.86. The molecule has 0 unspecified atom stereocenters. The van der Waals surface area contributed by atoms with E-state index in [1.54, 1.807) is 17.9 Å². The van der Waals surface area contributed by atoms with E-state index in [-0.39, 0.29) is 12.5 Å². The lowest BCUT2D eigenvalue weighted by molar-refractivity contribution is -0.121. The van der Waals surface area contributed by atoms with Crippen LogP contribution in [-0.2, 0) is 20.8 Å². The van der Waals surface area contributed by atoms with Crippen LogP contribution < -0.4 is 5.32 Å². The van der Waals surface area contributed by atoms with Gasteiger partial charge in [-0.15, -0.1) is 0 Å². The minimum absolute atomic E-state index is 0.135. The quantitative estimate of drug-likeness (QED) is 0.641. The zero-order valence-electron chi connectivity index (χ0n) is 12.1. The predicted octanol–water partition coefficient (Wildman–Crippen LogP) is 1.19. The molecule has 0 aliphatic rings. The Balaban J connectivity index is 2.24. The van der Waals surface area contributed by atoms with E-state index in [4.69, 9.17) is 9.47 Å². The van der Waals surface area contributed by atoms with Crippen LogP contribution in [0.3, 0.4) is 0 Å². The Bertz CT molecular complexity index is 648. The van der Waals surface area contributed by atoms with Crippen LogP contribution in [0.15, 0.2) is 30.5 Å². The summed E-state index contributed by atoms with van der Waals surface area (Å²) in [6, 6.07) is 7.41. The molecule has 1 aromatic carbocycles.